The van der Waals surface area contributed by atoms with Crippen LogP contribution in [0.1, 0.15) is 11.1 Å². The number of carbonyl (C=O) groups excluding carboxylic acids is 1. The van der Waals surface area contributed by atoms with Gasteiger partial charge in [0.15, 0.2) is 0 Å². The van der Waals surface area contributed by atoms with Gasteiger partial charge in [0, 0.05) is 10.6 Å². The van der Waals surface area contributed by atoms with E-state index >= 15 is 0 Å². The Morgan fingerprint density at radius 3 is 2.14 bits per heavy atom. The molecule has 0 saturated heterocycles. The van der Waals surface area contributed by atoms with E-state index in [4.69, 9.17) is 46.4 Å². The zero-order valence-corrected chi connectivity index (χ0v) is 17.8. The molecule has 3 aromatic rings. The number of amidine groups is 1. The van der Waals surface area contributed by atoms with E-state index in [1.54, 1.807) is 18.2 Å². The third kappa shape index (κ3) is 3.92. The predicted octanol–water partition coefficient (Wildman–Crippen LogP) is 7.13. The second kappa shape index (κ2) is 8.21. The van der Waals surface area contributed by atoms with Crippen molar-refractivity contribution >= 4 is 69.9 Å². The van der Waals surface area contributed by atoms with Crippen molar-refractivity contribution in [2.45, 2.75) is 0 Å². The smallest absolute Gasteiger partial charge is 0.266 e. The van der Waals surface area contributed by atoms with E-state index in [9.17, 15) is 4.79 Å². The Labute approximate surface area is 187 Å². The van der Waals surface area contributed by atoms with Crippen molar-refractivity contribution < 1.29 is 4.79 Å². The maximum atomic E-state index is 13.3. The number of nitrogens with zero attached hydrogens (tertiary/aromatic N) is 2. The molecule has 1 amide bonds. The van der Waals surface area contributed by atoms with Gasteiger partial charge in [-0.15, -0.1) is 0 Å². The molecule has 0 bridgehead atoms. The Bertz CT molecular complexity index is 1170. The number of hydrogen-bond donors (Lipinski definition) is 0. The van der Waals surface area contributed by atoms with E-state index in [-0.39, 0.29) is 21.6 Å². The lowest BCUT2D eigenvalue weighted by atomic mass is 10.1. The molecule has 144 valence electrons. The van der Waals surface area contributed by atoms with Crippen LogP contribution < -0.4 is 4.90 Å². The summed E-state index contributed by atoms with van der Waals surface area (Å²) in [6.45, 7) is 0. The lowest BCUT2D eigenvalue weighted by molar-refractivity contribution is -0.113. The van der Waals surface area contributed by atoms with E-state index in [1.807, 2.05) is 48.5 Å². The monoisotopic (exact) mass is 460 g/mol. The van der Waals surface area contributed by atoms with Gasteiger partial charge in [0.05, 0.1) is 20.8 Å². The first kappa shape index (κ1) is 20.0. The molecule has 0 saturated carbocycles. The van der Waals surface area contributed by atoms with Gasteiger partial charge in [-0.3, -0.25) is 9.69 Å². The number of benzene rings is 3. The summed E-state index contributed by atoms with van der Waals surface area (Å²) in [6.07, 6.45) is 1.65. The zero-order chi connectivity index (χ0) is 20.5. The van der Waals surface area contributed by atoms with Crippen molar-refractivity contribution in [1.82, 2.24) is 0 Å². The van der Waals surface area contributed by atoms with Crippen LogP contribution in [-0.2, 0) is 4.79 Å². The standard InChI is InChI=1S/C22H12Cl4N2O/c23-15-9-5-4-8-14(15)10-19-22(29)28(20-12-17(25)16(24)11-18(20)26)21(27-19)13-6-2-1-3-7-13/h1-12H/b19-10-. The Kier molecular flexibility index (Phi) is 5.66. The highest BCUT2D eigenvalue weighted by Gasteiger charge is 2.34. The van der Waals surface area contributed by atoms with Crippen molar-refractivity contribution in [2.75, 3.05) is 4.90 Å². The molecule has 0 unspecified atom stereocenters. The van der Waals surface area contributed by atoms with Crippen LogP contribution in [-0.4, -0.2) is 11.7 Å². The predicted molar refractivity (Wildman–Crippen MR) is 121 cm³/mol. The molecule has 3 aromatic carbocycles. The molecular formula is C22H12Cl4N2O. The molecule has 3 nitrogen and oxygen atoms in total. The lowest BCUT2D eigenvalue weighted by Gasteiger charge is -2.20. The van der Waals surface area contributed by atoms with Gasteiger partial charge >= 0.3 is 0 Å². The van der Waals surface area contributed by atoms with Crippen LogP contribution in [0.5, 0.6) is 0 Å². The van der Waals surface area contributed by atoms with Crippen LogP contribution in [0.3, 0.4) is 0 Å². The third-order valence-corrected chi connectivity index (χ3v) is 5.69. The minimum Gasteiger partial charge on any atom is -0.266 e. The van der Waals surface area contributed by atoms with E-state index < -0.39 is 0 Å². The minimum absolute atomic E-state index is 0.235. The maximum absolute atomic E-state index is 13.3. The average Bonchev–Trinajstić information content (AvgIpc) is 3.03. The number of amides is 1. The molecule has 0 atom stereocenters. The van der Waals surface area contributed by atoms with Crippen molar-refractivity contribution in [2.24, 2.45) is 4.99 Å². The Morgan fingerprint density at radius 1 is 0.759 bits per heavy atom. The maximum Gasteiger partial charge on any atom is 0.282 e. The SMILES string of the molecule is O=C1/C(=C/c2ccccc2Cl)N=C(c2ccccc2)N1c1cc(Cl)c(Cl)cc1Cl. The molecule has 1 aliphatic rings. The average molecular weight is 462 g/mol. The number of aliphatic imine (C=N–C) groups is 1. The molecule has 0 fully saturated rings. The second-order valence-corrected chi connectivity index (χ2v) is 7.84. The number of anilines is 1. The highest BCUT2D eigenvalue weighted by atomic mass is 35.5. The lowest BCUT2D eigenvalue weighted by Crippen LogP contribution is -2.32. The largest absolute Gasteiger partial charge is 0.282 e. The van der Waals surface area contributed by atoms with Gasteiger partial charge in [0.1, 0.15) is 11.5 Å². The normalized spacial score (nSPS) is 15.2. The van der Waals surface area contributed by atoms with Crippen LogP contribution in [0.2, 0.25) is 20.1 Å². The topological polar surface area (TPSA) is 32.7 Å². The van der Waals surface area contributed by atoms with E-state index in [0.29, 0.717) is 27.1 Å². The molecule has 0 aliphatic carbocycles. The van der Waals surface area contributed by atoms with Gasteiger partial charge in [-0.1, -0.05) is 94.9 Å². The highest BCUT2D eigenvalue weighted by molar-refractivity contribution is 6.45. The van der Waals surface area contributed by atoms with Gasteiger partial charge in [-0.05, 0) is 29.8 Å². The summed E-state index contributed by atoms with van der Waals surface area (Å²) in [6, 6.07) is 19.6. The summed E-state index contributed by atoms with van der Waals surface area (Å²) < 4.78 is 0. The van der Waals surface area contributed by atoms with E-state index in [1.165, 1.54) is 11.0 Å². The quantitative estimate of drug-likeness (QED) is 0.301. The summed E-state index contributed by atoms with van der Waals surface area (Å²) in [7, 11) is 0. The van der Waals surface area contributed by atoms with Crippen LogP contribution in [0.15, 0.2) is 77.4 Å². The summed E-state index contributed by atoms with van der Waals surface area (Å²) >= 11 is 24.9. The van der Waals surface area contributed by atoms with Gasteiger partial charge in [-0.2, -0.15) is 0 Å². The summed E-state index contributed by atoms with van der Waals surface area (Å²) in [5, 5.41) is 1.40. The fourth-order valence-electron chi connectivity index (χ4n) is 2.94. The molecule has 0 spiro atoms. The molecule has 7 heteroatoms. The number of hydrogen-bond acceptors (Lipinski definition) is 2. The van der Waals surface area contributed by atoms with Gasteiger partial charge < -0.3 is 0 Å². The van der Waals surface area contributed by atoms with Gasteiger partial charge in [-0.25, -0.2) is 4.99 Å². The second-order valence-electron chi connectivity index (χ2n) is 6.21. The first-order chi connectivity index (χ1) is 14.0. The Balaban J connectivity index is 1.89. The molecule has 1 aliphatic heterocycles. The molecule has 1 heterocycles. The fourth-order valence-corrected chi connectivity index (χ4v) is 3.76. The first-order valence-electron chi connectivity index (χ1n) is 8.55. The third-order valence-electron chi connectivity index (χ3n) is 4.32. The van der Waals surface area contributed by atoms with Crippen LogP contribution in [0.25, 0.3) is 6.08 Å². The first-order valence-corrected chi connectivity index (χ1v) is 10.1. The molecule has 4 rings (SSSR count). The van der Waals surface area contributed by atoms with Crippen molar-refractivity contribution in [1.29, 1.82) is 0 Å². The summed E-state index contributed by atoms with van der Waals surface area (Å²) in [5.74, 6) is 0.0956. The number of carbonyl (C=O) groups is 1. The molecule has 0 aromatic heterocycles. The Morgan fingerprint density at radius 2 is 1.41 bits per heavy atom. The minimum atomic E-state index is -0.343. The fraction of sp³-hybridized carbons (Fsp3) is 0. The van der Waals surface area contributed by atoms with Crippen molar-refractivity contribution in [3.63, 3.8) is 0 Å². The summed E-state index contributed by atoms with van der Waals surface area (Å²) in [4.78, 5) is 19.3. The molecule has 0 radical (unpaired) electrons. The van der Waals surface area contributed by atoms with Crippen LogP contribution in [0, 0.1) is 0 Å². The van der Waals surface area contributed by atoms with Gasteiger partial charge in [0.25, 0.3) is 5.91 Å². The van der Waals surface area contributed by atoms with Crippen LogP contribution >= 0.6 is 46.4 Å². The number of rotatable bonds is 3. The van der Waals surface area contributed by atoms with E-state index in [0.717, 1.165) is 5.56 Å². The molecule has 29 heavy (non-hydrogen) atoms. The zero-order valence-electron chi connectivity index (χ0n) is 14.7. The van der Waals surface area contributed by atoms with E-state index in [2.05, 4.69) is 4.99 Å². The number of halogens is 4. The van der Waals surface area contributed by atoms with Gasteiger partial charge in [0.2, 0.25) is 0 Å². The van der Waals surface area contributed by atoms with Crippen molar-refractivity contribution in [3.05, 3.63) is 104 Å². The molecule has 0 N–H and O–H groups in total. The van der Waals surface area contributed by atoms with Crippen molar-refractivity contribution in [3.8, 4) is 0 Å². The van der Waals surface area contributed by atoms with Crippen LogP contribution in [0.4, 0.5) is 5.69 Å². The Hall–Kier alpha value is -2.30. The summed E-state index contributed by atoms with van der Waals surface area (Å²) in [5.41, 5.74) is 2.08. The highest BCUT2D eigenvalue weighted by Crippen LogP contribution is 2.38. The molecular weight excluding hydrogens is 450 g/mol.